The van der Waals surface area contributed by atoms with E-state index in [1.807, 2.05) is 23.1 Å². The molecule has 4 heterocycles. The van der Waals surface area contributed by atoms with Crippen LogP contribution < -0.4 is 4.90 Å². The molecule has 0 aliphatic carbocycles. The molecule has 3 aromatic rings. The third-order valence-corrected chi connectivity index (χ3v) is 5.46. The van der Waals surface area contributed by atoms with Crippen LogP contribution in [0.5, 0.6) is 0 Å². The molecule has 1 fully saturated rings. The molecule has 0 aromatic carbocycles. The molecule has 4 rings (SSSR count). The molecular weight excluding hydrogens is 346 g/mol. The lowest BCUT2D eigenvalue weighted by molar-refractivity contribution is 0.481. The lowest BCUT2D eigenvalue weighted by atomic mass is 10.0. The first kappa shape index (κ1) is 17.3. The molecule has 1 unspecified atom stereocenters. The van der Waals surface area contributed by atoms with Crippen molar-refractivity contribution in [2.24, 2.45) is 5.92 Å². The van der Waals surface area contributed by atoms with Crippen LogP contribution in [-0.4, -0.2) is 26.3 Å². The summed E-state index contributed by atoms with van der Waals surface area (Å²) < 4.78 is 1.96. The maximum atomic E-state index is 6.77. The van der Waals surface area contributed by atoms with Gasteiger partial charge in [0.05, 0.1) is 17.3 Å². The summed E-state index contributed by atoms with van der Waals surface area (Å²) in [6.07, 6.45) is 7.79. The van der Waals surface area contributed by atoms with Gasteiger partial charge in [0.2, 0.25) is 0 Å². The predicted octanol–water partition coefficient (Wildman–Crippen LogP) is 4.79. The number of anilines is 1. The summed E-state index contributed by atoms with van der Waals surface area (Å²) in [7, 11) is 0. The zero-order valence-electron chi connectivity index (χ0n) is 15.5. The van der Waals surface area contributed by atoms with Crippen LogP contribution in [0, 0.1) is 12.8 Å². The lowest BCUT2D eigenvalue weighted by Gasteiger charge is -2.28. The lowest BCUT2D eigenvalue weighted by Crippen LogP contribution is -2.23. The molecular formula is C20H24ClN5. The molecule has 0 saturated carbocycles. The Morgan fingerprint density at radius 2 is 2.12 bits per heavy atom. The van der Waals surface area contributed by atoms with Gasteiger partial charge in [0.15, 0.2) is 0 Å². The minimum atomic E-state index is 0.245. The summed E-state index contributed by atoms with van der Waals surface area (Å²) in [4.78, 5) is 11.2. The van der Waals surface area contributed by atoms with Crippen LogP contribution in [-0.2, 0) is 6.54 Å². The Morgan fingerprint density at radius 1 is 1.27 bits per heavy atom. The van der Waals surface area contributed by atoms with Gasteiger partial charge in [0.1, 0.15) is 5.15 Å². The molecule has 6 heteroatoms. The van der Waals surface area contributed by atoms with Gasteiger partial charge in [-0.2, -0.15) is 5.10 Å². The van der Waals surface area contributed by atoms with Gasteiger partial charge in [-0.15, -0.1) is 0 Å². The second-order valence-electron chi connectivity index (χ2n) is 7.44. The summed E-state index contributed by atoms with van der Waals surface area (Å²) in [6, 6.07) is 4.29. The zero-order valence-corrected chi connectivity index (χ0v) is 16.2. The van der Waals surface area contributed by atoms with E-state index < -0.39 is 0 Å². The highest BCUT2D eigenvalue weighted by Gasteiger charge is 2.32. The number of halogens is 1. The highest BCUT2D eigenvalue weighted by molar-refractivity contribution is 6.30. The standard InChI is InChI=1S/C20H24ClN5/c1-13(2)12-26-20(21)19(14(3)24-26)18-5-4-10-25(18)17-7-9-23-16-6-8-22-11-15(16)17/h6-9,11,13,18H,4-5,10,12H2,1-3H3. The smallest absolute Gasteiger partial charge is 0.132 e. The van der Waals surface area contributed by atoms with E-state index in [0.717, 1.165) is 47.7 Å². The fraction of sp³-hybridized carbons (Fsp3) is 0.450. The van der Waals surface area contributed by atoms with Crippen LogP contribution in [0.25, 0.3) is 10.9 Å². The third-order valence-electron chi connectivity index (χ3n) is 5.06. The first-order valence-electron chi connectivity index (χ1n) is 9.24. The number of hydrogen-bond donors (Lipinski definition) is 0. The van der Waals surface area contributed by atoms with Gasteiger partial charge >= 0.3 is 0 Å². The summed E-state index contributed by atoms with van der Waals surface area (Å²) >= 11 is 6.77. The van der Waals surface area contributed by atoms with Gasteiger partial charge in [-0.25, -0.2) is 0 Å². The van der Waals surface area contributed by atoms with Crippen molar-refractivity contribution in [2.45, 2.75) is 46.2 Å². The van der Waals surface area contributed by atoms with Gasteiger partial charge in [-0.1, -0.05) is 25.4 Å². The minimum absolute atomic E-state index is 0.245. The molecule has 1 aliphatic heterocycles. The van der Waals surface area contributed by atoms with E-state index in [-0.39, 0.29) is 6.04 Å². The summed E-state index contributed by atoms with van der Waals surface area (Å²) in [6.45, 7) is 8.29. The molecule has 5 nitrogen and oxygen atoms in total. The summed E-state index contributed by atoms with van der Waals surface area (Å²) in [5.41, 5.74) is 4.35. The van der Waals surface area contributed by atoms with Gasteiger partial charge in [0.25, 0.3) is 0 Å². The van der Waals surface area contributed by atoms with E-state index in [1.165, 1.54) is 11.3 Å². The van der Waals surface area contributed by atoms with E-state index in [0.29, 0.717) is 5.92 Å². The average Bonchev–Trinajstić information content (AvgIpc) is 3.18. The molecule has 1 atom stereocenters. The van der Waals surface area contributed by atoms with Crippen LogP contribution in [0.15, 0.2) is 30.7 Å². The number of aromatic nitrogens is 4. The average molecular weight is 370 g/mol. The molecule has 0 spiro atoms. The highest BCUT2D eigenvalue weighted by atomic mass is 35.5. The number of hydrogen-bond acceptors (Lipinski definition) is 4. The van der Waals surface area contributed by atoms with Gasteiger partial charge in [-0.05, 0) is 37.8 Å². The summed E-state index contributed by atoms with van der Waals surface area (Å²) in [5, 5.41) is 6.59. The molecule has 0 radical (unpaired) electrons. The number of rotatable bonds is 4. The van der Waals surface area contributed by atoms with Crippen molar-refractivity contribution in [3.05, 3.63) is 47.1 Å². The quantitative estimate of drug-likeness (QED) is 0.663. The van der Waals surface area contributed by atoms with Gasteiger partial charge in [-0.3, -0.25) is 14.6 Å². The number of pyridine rings is 2. The van der Waals surface area contributed by atoms with Crippen molar-refractivity contribution >= 4 is 28.2 Å². The first-order valence-corrected chi connectivity index (χ1v) is 9.62. The Balaban J connectivity index is 1.77. The molecule has 1 aliphatic rings. The monoisotopic (exact) mass is 369 g/mol. The van der Waals surface area contributed by atoms with Crippen molar-refractivity contribution in [1.82, 2.24) is 19.7 Å². The normalized spacial score (nSPS) is 17.6. The molecule has 0 N–H and O–H groups in total. The van der Waals surface area contributed by atoms with E-state index in [2.05, 4.69) is 41.7 Å². The van der Waals surface area contributed by atoms with Crippen LogP contribution in [0.2, 0.25) is 5.15 Å². The Labute approximate surface area is 159 Å². The van der Waals surface area contributed by atoms with Crippen LogP contribution in [0.1, 0.15) is 44.0 Å². The molecule has 0 amide bonds. The maximum Gasteiger partial charge on any atom is 0.132 e. The molecule has 26 heavy (non-hydrogen) atoms. The van der Waals surface area contributed by atoms with E-state index in [9.17, 15) is 0 Å². The fourth-order valence-corrected chi connectivity index (χ4v) is 4.36. The Bertz CT molecular complexity index is 928. The first-order chi connectivity index (χ1) is 12.6. The zero-order chi connectivity index (χ0) is 18.3. The molecule has 0 bridgehead atoms. The van der Waals surface area contributed by atoms with Crippen LogP contribution >= 0.6 is 11.6 Å². The second kappa shape index (κ2) is 6.88. The molecule has 136 valence electrons. The minimum Gasteiger partial charge on any atom is -0.364 e. The van der Waals surface area contributed by atoms with E-state index in [1.54, 1.807) is 6.20 Å². The Kier molecular flexibility index (Phi) is 4.57. The number of nitrogens with zero attached hydrogens (tertiary/aromatic N) is 5. The highest BCUT2D eigenvalue weighted by Crippen LogP contribution is 2.42. The Hall–Kier alpha value is -2.14. The third kappa shape index (κ3) is 2.94. The van der Waals surface area contributed by atoms with Crippen molar-refractivity contribution in [2.75, 3.05) is 11.4 Å². The van der Waals surface area contributed by atoms with Crippen molar-refractivity contribution in [3.8, 4) is 0 Å². The second-order valence-corrected chi connectivity index (χ2v) is 7.80. The van der Waals surface area contributed by atoms with Gasteiger partial charge < -0.3 is 4.90 Å². The summed E-state index contributed by atoms with van der Waals surface area (Å²) in [5.74, 6) is 0.509. The maximum absolute atomic E-state index is 6.77. The van der Waals surface area contributed by atoms with Crippen LogP contribution in [0.4, 0.5) is 5.69 Å². The van der Waals surface area contributed by atoms with E-state index >= 15 is 0 Å². The Morgan fingerprint density at radius 3 is 2.92 bits per heavy atom. The van der Waals surface area contributed by atoms with Crippen molar-refractivity contribution in [3.63, 3.8) is 0 Å². The number of aryl methyl sites for hydroxylation is 1. The van der Waals surface area contributed by atoms with E-state index in [4.69, 9.17) is 16.7 Å². The topological polar surface area (TPSA) is 46.8 Å². The van der Waals surface area contributed by atoms with Gasteiger partial charge in [0, 0.05) is 48.3 Å². The largest absolute Gasteiger partial charge is 0.364 e. The van der Waals surface area contributed by atoms with Crippen LogP contribution in [0.3, 0.4) is 0 Å². The molecule has 1 saturated heterocycles. The predicted molar refractivity (Wildman–Crippen MR) is 106 cm³/mol. The SMILES string of the molecule is Cc1nn(CC(C)C)c(Cl)c1C1CCCN1c1ccnc2ccncc12. The number of fused-ring (bicyclic) bond motifs is 1. The molecule has 3 aromatic heterocycles. The van der Waals surface area contributed by atoms with Crippen molar-refractivity contribution in [1.29, 1.82) is 0 Å². The van der Waals surface area contributed by atoms with Crippen molar-refractivity contribution < 1.29 is 0 Å². The fourth-order valence-electron chi connectivity index (χ4n) is 3.99.